The van der Waals surface area contributed by atoms with Gasteiger partial charge in [-0.1, -0.05) is 26.8 Å². The van der Waals surface area contributed by atoms with Gasteiger partial charge in [0, 0.05) is 11.6 Å². The zero-order valence-corrected chi connectivity index (χ0v) is 10.5. The predicted octanol–water partition coefficient (Wildman–Crippen LogP) is 2.80. The van der Waals surface area contributed by atoms with Gasteiger partial charge in [0.1, 0.15) is 0 Å². The fourth-order valence-corrected chi connectivity index (χ4v) is 2.14. The molecular weight excluding hydrogens is 198 g/mol. The molecule has 2 unspecified atom stereocenters. The molecule has 1 aromatic rings. The molecule has 1 fully saturated rings. The van der Waals surface area contributed by atoms with Crippen molar-refractivity contribution in [2.75, 3.05) is 5.73 Å². The van der Waals surface area contributed by atoms with Crippen LogP contribution in [0.5, 0.6) is 0 Å². The number of aliphatic hydroxyl groups is 1. The molecule has 0 amide bonds. The molecule has 2 nitrogen and oxygen atoms in total. The van der Waals surface area contributed by atoms with Gasteiger partial charge >= 0.3 is 0 Å². The Labute approximate surface area is 97.5 Å². The molecule has 1 aliphatic rings. The van der Waals surface area contributed by atoms with Gasteiger partial charge in [-0.2, -0.15) is 0 Å². The summed E-state index contributed by atoms with van der Waals surface area (Å²) in [5, 5.41) is 9.89. The second-order valence-electron chi connectivity index (χ2n) is 6.25. The summed E-state index contributed by atoms with van der Waals surface area (Å²) in [5.41, 5.74) is 8.72. The van der Waals surface area contributed by atoms with E-state index < -0.39 is 5.60 Å². The van der Waals surface area contributed by atoms with E-state index in [1.54, 1.807) is 0 Å². The summed E-state index contributed by atoms with van der Waals surface area (Å²) >= 11 is 0. The van der Waals surface area contributed by atoms with Crippen LogP contribution in [0.25, 0.3) is 0 Å². The van der Waals surface area contributed by atoms with Crippen molar-refractivity contribution in [1.29, 1.82) is 0 Å². The minimum Gasteiger partial charge on any atom is -0.399 e. The summed E-state index contributed by atoms with van der Waals surface area (Å²) in [6.07, 6.45) is 0.847. The first-order chi connectivity index (χ1) is 7.20. The first-order valence-corrected chi connectivity index (χ1v) is 5.83. The van der Waals surface area contributed by atoms with Gasteiger partial charge in [0.25, 0.3) is 0 Å². The van der Waals surface area contributed by atoms with Crippen LogP contribution in [0.15, 0.2) is 18.2 Å². The van der Waals surface area contributed by atoms with Crippen molar-refractivity contribution in [1.82, 2.24) is 0 Å². The molecule has 0 heterocycles. The number of nitrogen functional groups attached to an aromatic ring is 1. The molecule has 1 saturated carbocycles. The molecule has 2 heteroatoms. The Morgan fingerprint density at radius 3 is 2.31 bits per heavy atom. The average Bonchev–Trinajstić information content (AvgIpc) is 2.72. The van der Waals surface area contributed by atoms with Gasteiger partial charge in [-0.05, 0) is 42.0 Å². The maximum absolute atomic E-state index is 9.89. The molecule has 2 rings (SSSR count). The maximum Gasteiger partial charge on any atom is 0.0696 e. The molecule has 0 saturated heterocycles. The Morgan fingerprint density at radius 2 is 1.88 bits per heavy atom. The van der Waals surface area contributed by atoms with Crippen LogP contribution < -0.4 is 5.73 Å². The van der Waals surface area contributed by atoms with Crippen LogP contribution in [0.2, 0.25) is 0 Å². The van der Waals surface area contributed by atoms with E-state index in [9.17, 15) is 5.11 Å². The van der Waals surface area contributed by atoms with Crippen molar-refractivity contribution in [2.24, 2.45) is 0 Å². The fourth-order valence-electron chi connectivity index (χ4n) is 2.14. The van der Waals surface area contributed by atoms with Gasteiger partial charge in [-0.3, -0.25) is 0 Å². The number of hydrogen-bond donors (Lipinski definition) is 2. The van der Waals surface area contributed by atoms with Gasteiger partial charge < -0.3 is 10.8 Å². The van der Waals surface area contributed by atoms with Crippen LogP contribution in [0, 0.1) is 0 Å². The Hall–Kier alpha value is -1.02. The summed E-state index contributed by atoms with van der Waals surface area (Å²) in [7, 11) is 0. The summed E-state index contributed by atoms with van der Waals surface area (Å²) in [5.74, 6) is 0.261. The van der Waals surface area contributed by atoms with Crippen LogP contribution in [0.4, 0.5) is 5.69 Å². The summed E-state index contributed by atoms with van der Waals surface area (Å²) in [6.45, 7) is 8.42. The van der Waals surface area contributed by atoms with Gasteiger partial charge in [0.2, 0.25) is 0 Å². The lowest BCUT2D eigenvalue weighted by Gasteiger charge is -2.21. The molecule has 0 bridgehead atoms. The first-order valence-electron chi connectivity index (χ1n) is 5.83. The lowest BCUT2D eigenvalue weighted by Crippen LogP contribution is -2.12. The fraction of sp³-hybridized carbons (Fsp3) is 0.571. The van der Waals surface area contributed by atoms with Crippen molar-refractivity contribution in [2.45, 2.75) is 51.0 Å². The quantitative estimate of drug-likeness (QED) is 0.713. The largest absolute Gasteiger partial charge is 0.399 e. The average molecular weight is 219 g/mol. The molecule has 0 radical (unpaired) electrons. The Kier molecular flexibility index (Phi) is 2.32. The van der Waals surface area contributed by atoms with Gasteiger partial charge in [-0.25, -0.2) is 0 Å². The smallest absolute Gasteiger partial charge is 0.0696 e. The third-order valence-corrected chi connectivity index (χ3v) is 3.45. The van der Waals surface area contributed by atoms with E-state index in [0.717, 1.165) is 12.1 Å². The van der Waals surface area contributed by atoms with Crippen LogP contribution in [0.1, 0.15) is 51.2 Å². The molecule has 16 heavy (non-hydrogen) atoms. The Bertz CT molecular complexity index is 415. The molecule has 1 aromatic carbocycles. The SMILES string of the molecule is CC(C)(C)c1cc(N)cc(C2CC2(C)O)c1. The minimum absolute atomic E-state index is 0.102. The number of benzene rings is 1. The second-order valence-corrected chi connectivity index (χ2v) is 6.25. The maximum atomic E-state index is 9.89. The summed E-state index contributed by atoms with van der Waals surface area (Å²) < 4.78 is 0. The van der Waals surface area contributed by atoms with E-state index in [0.29, 0.717) is 0 Å². The highest BCUT2D eigenvalue weighted by molar-refractivity contribution is 5.49. The standard InChI is InChI=1S/C14H21NO/c1-13(2,3)10-5-9(6-11(15)7-10)12-8-14(12,4)16/h5-7,12,16H,8,15H2,1-4H3. The summed E-state index contributed by atoms with van der Waals surface area (Å²) in [4.78, 5) is 0. The normalized spacial score (nSPS) is 29.2. The van der Waals surface area contributed by atoms with E-state index >= 15 is 0 Å². The Morgan fingerprint density at radius 1 is 1.31 bits per heavy atom. The van der Waals surface area contributed by atoms with Crippen LogP contribution in [0.3, 0.4) is 0 Å². The molecule has 88 valence electrons. The van der Waals surface area contributed by atoms with Gasteiger partial charge in [0.15, 0.2) is 0 Å². The monoisotopic (exact) mass is 219 g/mol. The topological polar surface area (TPSA) is 46.2 Å². The van der Waals surface area contributed by atoms with Crippen LogP contribution >= 0.6 is 0 Å². The second kappa shape index (κ2) is 3.24. The van der Waals surface area contributed by atoms with Crippen LogP contribution in [-0.4, -0.2) is 10.7 Å². The molecule has 2 atom stereocenters. The number of hydrogen-bond acceptors (Lipinski definition) is 2. The van der Waals surface area contributed by atoms with Crippen molar-refractivity contribution in [3.8, 4) is 0 Å². The number of nitrogens with two attached hydrogens (primary N) is 1. The Balaban J connectivity index is 2.38. The van der Waals surface area contributed by atoms with E-state index in [-0.39, 0.29) is 11.3 Å². The van der Waals surface area contributed by atoms with Crippen LogP contribution in [-0.2, 0) is 5.41 Å². The minimum atomic E-state index is -0.525. The zero-order valence-electron chi connectivity index (χ0n) is 10.5. The predicted molar refractivity (Wildman–Crippen MR) is 67.5 cm³/mol. The highest BCUT2D eigenvalue weighted by atomic mass is 16.3. The molecule has 0 aromatic heterocycles. The highest BCUT2D eigenvalue weighted by Crippen LogP contribution is 2.51. The van der Waals surface area contributed by atoms with Crippen molar-refractivity contribution in [3.05, 3.63) is 29.3 Å². The molecule has 0 spiro atoms. The van der Waals surface area contributed by atoms with Crippen molar-refractivity contribution in [3.63, 3.8) is 0 Å². The first kappa shape index (κ1) is 11.5. The number of anilines is 1. The van der Waals surface area contributed by atoms with Gasteiger partial charge in [-0.15, -0.1) is 0 Å². The third-order valence-electron chi connectivity index (χ3n) is 3.45. The van der Waals surface area contributed by atoms with E-state index in [4.69, 9.17) is 5.73 Å². The van der Waals surface area contributed by atoms with E-state index in [1.807, 2.05) is 19.1 Å². The third kappa shape index (κ3) is 2.07. The number of rotatable bonds is 1. The van der Waals surface area contributed by atoms with Crippen molar-refractivity contribution < 1.29 is 5.11 Å². The van der Waals surface area contributed by atoms with Gasteiger partial charge in [0.05, 0.1) is 5.60 Å². The molecule has 1 aliphatic carbocycles. The van der Waals surface area contributed by atoms with E-state index in [1.165, 1.54) is 11.1 Å². The summed E-state index contributed by atoms with van der Waals surface area (Å²) in [6, 6.07) is 6.20. The lowest BCUT2D eigenvalue weighted by atomic mass is 9.85. The zero-order chi connectivity index (χ0) is 12.1. The molecule has 3 N–H and O–H groups in total. The molecule has 0 aliphatic heterocycles. The highest BCUT2D eigenvalue weighted by Gasteiger charge is 2.49. The lowest BCUT2D eigenvalue weighted by molar-refractivity contribution is 0.164. The van der Waals surface area contributed by atoms with Crippen molar-refractivity contribution >= 4 is 5.69 Å². The van der Waals surface area contributed by atoms with E-state index in [2.05, 4.69) is 26.8 Å². The molecular formula is C14H21NO.